The molecule has 1 fully saturated rings. The lowest BCUT2D eigenvalue weighted by Crippen LogP contribution is -2.39. The second kappa shape index (κ2) is 11.2. The van der Waals surface area contributed by atoms with Crippen molar-refractivity contribution in [2.45, 2.75) is 50.6 Å². The van der Waals surface area contributed by atoms with E-state index in [4.69, 9.17) is 16.3 Å². The summed E-state index contributed by atoms with van der Waals surface area (Å²) in [5, 5.41) is 22.1. The van der Waals surface area contributed by atoms with Crippen molar-refractivity contribution in [3.8, 4) is 16.9 Å². The molecule has 0 aliphatic heterocycles. The van der Waals surface area contributed by atoms with Crippen LogP contribution in [-0.4, -0.2) is 35.4 Å². The summed E-state index contributed by atoms with van der Waals surface area (Å²) in [6.07, 6.45) is 4.88. The Kier molecular flexibility index (Phi) is 7.79. The molecule has 1 unspecified atom stereocenters. The number of nitrogens with one attached hydrogen (secondary N) is 1. The summed E-state index contributed by atoms with van der Waals surface area (Å²) in [6, 6.07) is 15.8. The molecule has 3 aromatic carbocycles. The van der Waals surface area contributed by atoms with E-state index in [2.05, 4.69) is 11.4 Å². The van der Waals surface area contributed by atoms with Crippen molar-refractivity contribution in [3.05, 3.63) is 87.7 Å². The third-order valence-electron chi connectivity index (χ3n) is 7.45. The minimum atomic E-state index is -1.11. The van der Waals surface area contributed by atoms with Crippen LogP contribution in [0.15, 0.2) is 54.6 Å². The molecule has 0 saturated heterocycles. The van der Waals surface area contributed by atoms with E-state index in [0.717, 1.165) is 48.8 Å². The van der Waals surface area contributed by atoms with Crippen molar-refractivity contribution < 1.29 is 24.1 Å². The summed E-state index contributed by atoms with van der Waals surface area (Å²) < 4.78 is 20.7. The van der Waals surface area contributed by atoms with Crippen LogP contribution in [0.4, 0.5) is 4.39 Å². The molecule has 5 nitrogen and oxygen atoms in total. The number of rotatable bonds is 11. The fourth-order valence-corrected chi connectivity index (χ4v) is 5.43. The maximum atomic E-state index is 14.6. The number of aliphatic hydroxyl groups is 1. The van der Waals surface area contributed by atoms with Gasteiger partial charge in [0.1, 0.15) is 17.6 Å². The second-order valence-electron chi connectivity index (χ2n) is 10.1. The summed E-state index contributed by atoms with van der Waals surface area (Å²) in [6.45, 7) is 0.333. The first-order chi connectivity index (χ1) is 17.9. The van der Waals surface area contributed by atoms with Gasteiger partial charge in [-0.2, -0.15) is 0 Å². The molecule has 2 aliphatic carbocycles. The van der Waals surface area contributed by atoms with Crippen LogP contribution in [0.25, 0.3) is 11.1 Å². The minimum Gasteiger partial charge on any atom is -0.493 e. The van der Waals surface area contributed by atoms with E-state index in [9.17, 15) is 19.4 Å². The first-order valence-corrected chi connectivity index (χ1v) is 13.2. The van der Waals surface area contributed by atoms with E-state index in [0.29, 0.717) is 28.9 Å². The Balaban J connectivity index is 1.40. The average molecular weight is 524 g/mol. The summed E-state index contributed by atoms with van der Waals surface area (Å²) in [5.74, 6) is 0.183. The average Bonchev–Trinajstić information content (AvgIpc) is 3.63. The van der Waals surface area contributed by atoms with Gasteiger partial charge in [-0.3, -0.25) is 10.1 Å². The van der Waals surface area contributed by atoms with E-state index >= 15 is 0 Å². The molecule has 1 saturated carbocycles. The molecule has 37 heavy (non-hydrogen) atoms. The number of carboxylic acid groups (broad SMARTS) is 1. The quantitative estimate of drug-likeness (QED) is 0.298. The summed E-state index contributed by atoms with van der Waals surface area (Å²) >= 11 is 6.74. The predicted molar refractivity (Wildman–Crippen MR) is 142 cm³/mol. The van der Waals surface area contributed by atoms with Crippen LogP contribution >= 0.6 is 11.6 Å². The summed E-state index contributed by atoms with van der Waals surface area (Å²) in [7, 11) is 0. The number of hydrogen-bond donors (Lipinski definition) is 3. The monoisotopic (exact) mass is 523 g/mol. The maximum Gasteiger partial charge on any atom is 0.323 e. The highest BCUT2D eigenvalue weighted by Crippen LogP contribution is 2.42. The highest BCUT2D eigenvalue weighted by Gasteiger charge is 2.28. The largest absolute Gasteiger partial charge is 0.493 e. The molecule has 7 heteroatoms. The molecule has 0 bridgehead atoms. The molecule has 0 amide bonds. The van der Waals surface area contributed by atoms with Gasteiger partial charge in [0.05, 0.1) is 13.2 Å². The lowest BCUT2D eigenvalue weighted by Gasteiger charge is -2.19. The van der Waals surface area contributed by atoms with Gasteiger partial charge in [0.2, 0.25) is 0 Å². The van der Waals surface area contributed by atoms with Crippen LogP contribution in [0.2, 0.25) is 5.02 Å². The maximum absolute atomic E-state index is 14.6. The van der Waals surface area contributed by atoms with Crippen LogP contribution in [0.3, 0.4) is 0 Å². The van der Waals surface area contributed by atoms with Gasteiger partial charge in [-0.25, -0.2) is 4.39 Å². The molecule has 194 valence electrons. The van der Waals surface area contributed by atoms with Crippen molar-refractivity contribution in [1.82, 2.24) is 5.32 Å². The Labute approximate surface area is 221 Å². The smallest absolute Gasteiger partial charge is 0.323 e. The molecule has 3 aromatic rings. The van der Waals surface area contributed by atoms with Crippen molar-refractivity contribution in [3.63, 3.8) is 0 Å². The standard InChI is InChI=1S/C30H31ClFNO4/c31-26-13-21(15-33-28(16-34)30(35)36)29(37-17-18-8-9-18)14-20(26)12-19-10-11-24-22(19)5-3-6-23(24)25-4-1-2-7-27(25)32/h1-7,13-14,18-19,28,33-34H,8-12,15-17H2,(H,35,36)/t19-,28?/m1/s1. The van der Waals surface area contributed by atoms with E-state index in [-0.39, 0.29) is 18.3 Å². The highest BCUT2D eigenvalue weighted by atomic mass is 35.5. The van der Waals surface area contributed by atoms with Crippen LogP contribution in [0.5, 0.6) is 5.75 Å². The number of fused-ring (bicyclic) bond motifs is 1. The van der Waals surface area contributed by atoms with Crippen molar-refractivity contribution in [1.29, 1.82) is 0 Å². The van der Waals surface area contributed by atoms with Crippen LogP contribution in [-0.2, 0) is 24.2 Å². The molecule has 0 radical (unpaired) electrons. The number of hydrogen-bond acceptors (Lipinski definition) is 4. The fraction of sp³-hybridized carbons (Fsp3) is 0.367. The Bertz CT molecular complexity index is 1290. The van der Waals surface area contributed by atoms with Gasteiger partial charge in [-0.15, -0.1) is 0 Å². The molecular formula is C30H31ClFNO4. The second-order valence-corrected chi connectivity index (χ2v) is 10.5. The zero-order chi connectivity index (χ0) is 25.9. The van der Waals surface area contributed by atoms with Crippen LogP contribution in [0.1, 0.15) is 47.4 Å². The van der Waals surface area contributed by atoms with E-state index in [1.807, 2.05) is 36.4 Å². The van der Waals surface area contributed by atoms with Gasteiger partial charge in [-0.1, -0.05) is 48.0 Å². The number of carbonyl (C=O) groups is 1. The highest BCUT2D eigenvalue weighted by molar-refractivity contribution is 6.31. The van der Waals surface area contributed by atoms with Crippen molar-refractivity contribution in [2.24, 2.45) is 5.92 Å². The number of carboxylic acids is 1. The topological polar surface area (TPSA) is 78.8 Å². The molecule has 2 aliphatic rings. The molecule has 5 rings (SSSR count). The number of aliphatic carboxylic acids is 1. The van der Waals surface area contributed by atoms with Crippen LogP contribution < -0.4 is 10.1 Å². The number of benzene rings is 3. The van der Waals surface area contributed by atoms with Gasteiger partial charge < -0.3 is 14.9 Å². The summed E-state index contributed by atoms with van der Waals surface area (Å²) in [4.78, 5) is 11.3. The molecule has 0 heterocycles. The molecule has 0 aromatic heterocycles. The zero-order valence-corrected chi connectivity index (χ0v) is 21.3. The Hall–Kier alpha value is -2.93. The Morgan fingerprint density at radius 2 is 1.86 bits per heavy atom. The first kappa shape index (κ1) is 25.7. The molecule has 3 N–H and O–H groups in total. The third kappa shape index (κ3) is 5.82. The number of halogens is 2. The molecular weight excluding hydrogens is 493 g/mol. The number of aliphatic hydroxyl groups excluding tert-OH is 1. The zero-order valence-electron chi connectivity index (χ0n) is 20.6. The Morgan fingerprint density at radius 1 is 1.08 bits per heavy atom. The van der Waals surface area contributed by atoms with Gasteiger partial charge >= 0.3 is 5.97 Å². The number of ether oxygens (including phenoxy) is 1. The molecule has 2 atom stereocenters. The third-order valence-corrected chi connectivity index (χ3v) is 7.80. The predicted octanol–water partition coefficient (Wildman–Crippen LogP) is 5.74. The lowest BCUT2D eigenvalue weighted by molar-refractivity contribution is -0.140. The van der Waals surface area contributed by atoms with Crippen LogP contribution in [0, 0.1) is 11.7 Å². The summed E-state index contributed by atoms with van der Waals surface area (Å²) in [5.41, 5.74) is 5.76. The normalized spacial score (nSPS) is 17.4. The van der Waals surface area contributed by atoms with Gasteiger partial charge in [0, 0.05) is 22.7 Å². The SMILES string of the molecule is O=C(O)C(CO)NCc1cc(Cl)c(C[C@H]2CCc3c(-c4ccccc4F)cccc32)cc1OCC1CC1. The van der Waals surface area contributed by atoms with Crippen molar-refractivity contribution in [2.75, 3.05) is 13.2 Å². The minimum absolute atomic E-state index is 0.213. The van der Waals surface area contributed by atoms with Crippen molar-refractivity contribution >= 4 is 17.6 Å². The van der Waals surface area contributed by atoms with Gasteiger partial charge in [0.15, 0.2) is 0 Å². The van der Waals surface area contributed by atoms with Gasteiger partial charge in [-0.05, 0) is 84.4 Å². The Morgan fingerprint density at radius 3 is 2.59 bits per heavy atom. The fourth-order valence-electron chi connectivity index (χ4n) is 5.17. The van der Waals surface area contributed by atoms with Gasteiger partial charge in [0.25, 0.3) is 0 Å². The molecule has 0 spiro atoms. The lowest BCUT2D eigenvalue weighted by atomic mass is 9.90. The van der Waals surface area contributed by atoms with E-state index in [1.165, 1.54) is 17.2 Å². The van der Waals surface area contributed by atoms with E-state index < -0.39 is 18.6 Å². The first-order valence-electron chi connectivity index (χ1n) is 12.8. The van der Waals surface area contributed by atoms with E-state index in [1.54, 1.807) is 6.07 Å².